The predicted molar refractivity (Wildman–Crippen MR) is 76.8 cm³/mol. The van der Waals surface area contributed by atoms with Crippen LogP contribution < -0.4 is 5.32 Å². The molecule has 20 heavy (non-hydrogen) atoms. The van der Waals surface area contributed by atoms with Gasteiger partial charge in [0.2, 0.25) is 0 Å². The summed E-state index contributed by atoms with van der Waals surface area (Å²) in [4.78, 5) is 0. The van der Waals surface area contributed by atoms with Gasteiger partial charge < -0.3 is 10.4 Å². The second kappa shape index (κ2) is 7.33. The van der Waals surface area contributed by atoms with Gasteiger partial charge >= 0.3 is 6.18 Å². The molecule has 0 saturated heterocycles. The second-order valence-corrected chi connectivity index (χ2v) is 5.83. The molecule has 2 N–H and O–H groups in total. The molecule has 0 aliphatic rings. The Balaban J connectivity index is 2.80. The minimum absolute atomic E-state index is 0.000423. The van der Waals surface area contributed by atoms with Crippen molar-refractivity contribution in [1.82, 2.24) is 5.32 Å². The molecule has 0 fully saturated rings. The first-order valence-electron chi connectivity index (χ1n) is 6.36. The van der Waals surface area contributed by atoms with Crippen LogP contribution in [-0.4, -0.2) is 29.3 Å². The number of thioether (sulfide) groups is 1. The molecule has 3 atom stereocenters. The minimum atomic E-state index is -4.33. The summed E-state index contributed by atoms with van der Waals surface area (Å²) in [5.74, 6) is 0. The normalized spacial score (nSPS) is 16.8. The molecular formula is C14H20F3NOS. The van der Waals surface area contributed by atoms with Crippen molar-refractivity contribution in [3.8, 4) is 0 Å². The van der Waals surface area contributed by atoms with E-state index in [4.69, 9.17) is 0 Å². The first-order valence-corrected chi connectivity index (χ1v) is 7.65. The van der Waals surface area contributed by atoms with E-state index in [1.807, 2.05) is 20.1 Å². The van der Waals surface area contributed by atoms with Gasteiger partial charge in [-0.2, -0.15) is 24.9 Å². The van der Waals surface area contributed by atoms with Gasteiger partial charge in [-0.25, -0.2) is 0 Å². The number of rotatable bonds is 6. The average Bonchev–Trinajstić information content (AvgIpc) is 2.39. The standard InChI is InChI=1S/C14H20F3NOS/c1-9(18-10(2)13(8-19)20-3)11-5-4-6-12(7-11)14(15,16)17/h4-7,9-10,13,18-19H,8H2,1-3H3. The van der Waals surface area contributed by atoms with E-state index in [1.54, 1.807) is 6.07 Å². The highest BCUT2D eigenvalue weighted by Gasteiger charge is 2.30. The third-order valence-corrected chi connectivity index (χ3v) is 4.43. The summed E-state index contributed by atoms with van der Waals surface area (Å²) >= 11 is 1.53. The zero-order valence-corrected chi connectivity index (χ0v) is 12.6. The smallest absolute Gasteiger partial charge is 0.395 e. The van der Waals surface area contributed by atoms with Crippen molar-refractivity contribution in [2.45, 2.75) is 37.4 Å². The number of hydrogen-bond donors (Lipinski definition) is 2. The number of aliphatic hydroxyl groups is 1. The number of benzene rings is 1. The molecule has 2 nitrogen and oxygen atoms in total. The lowest BCUT2D eigenvalue weighted by Crippen LogP contribution is -2.39. The van der Waals surface area contributed by atoms with Crippen molar-refractivity contribution in [2.24, 2.45) is 0 Å². The Morgan fingerprint density at radius 2 is 1.95 bits per heavy atom. The summed E-state index contributed by atoms with van der Waals surface area (Å²) in [7, 11) is 0. The Kier molecular flexibility index (Phi) is 6.36. The van der Waals surface area contributed by atoms with E-state index in [2.05, 4.69) is 5.32 Å². The van der Waals surface area contributed by atoms with Crippen LogP contribution in [0.4, 0.5) is 13.2 Å². The highest BCUT2D eigenvalue weighted by molar-refractivity contribution is 7.99. The molecule has 1 aromatic rings. The Morgan fingerprint density at radius 3 is 2.45 bits per heavy atom. The second-order valence-electron chi connectivity index (χ2n) is 4.76. The van der Waals surface area contributed by atoms with E-state index in [0.717, 1.165) is 12.1 Å². The lowest BCUT2D eigenvalue weighted by molar-refractivity contribution is -0.137. The molecule has 0 aliphatic heterocycles. The molecule has 1 aromatic carbocycles. The fourth-order valence-electron chi connectivity index (χ4n) is 2.02. The summed E-state index contributed by atoms with van der Waals surface area (Å²) in [6.45, 7) is 3.77. The summed E-state index contributed by atoms with van der Waals surface area (Å²) in [5, 5.41) is 12.5. The van der Waals surface area contributed by atoms with Crippen molar-refractivity contribution < 1.29 is 18.3 Å². The monoisotopic (exact) mass is 307 g/mol. The van der Waals surface area contributed by atoms with E-state index in [0.29, 0.717) is 5.56 Å². The van der Waals surface area contributed by atoms with Crippen LogP contribution in [0.15, 0.2) is 24.3 Å². The number of aliphatic hydroxyl groups excluding tert-OH is 1. The zero-order valence-electron chi connectivity index (χ0n) is 11.7. The van der Waals surface area contributed by atoms with E-state index in [-0.39, 0.29) is 23.9 Å². The maximum atomic E-state index is 12.7. The lowest BCUT2D eigenvalue weighted by atomic mass is 10.0. The summed E-state index contributed by atoms with van der Waals surface area (Å²) in [6, 6.07) is 5.11. The van der Waals surface area contributed by atoms with Crippen LogP contribution in [-0.2, 0) is 6.18 Å². The van der Waals surface area contributed by atoms with Crippen molar-refractivity contribution >= 4 is 11.8 Å². The van der Waals surface area contributed by atoms with Crippen LogP contribution in [0.25, 0.3) is 0 Å². The molecule has 3 unspecified atom stereocenters. The minimum Gasteiger partial charge on any atom is -0.395 e. The maximum absolute atomic E-state index is 12.7. The van der Waals surface area contributed by atoms with Gasteiger partial charge in [0.15, 0.2) is 0 Å². The topological polar surface area (TPSA) is 32.3 Å². The van der Waals surface area contributed by atoms with Crippen molar-refractivity contribution in [3.05, 3.63) is 35.4 Å². The van der Waals surface area contributed by atoms with Crippen LogP contribution in [0.1, 0.15) is 31.0 Å². The Morgan fingerprint density at radius 1 is 1.30 bits per heavy atom. The van der Waals surface area contributed by atoms with Gasteiger partial charge in [-0.05, 0) is 37.8 Å². The third-order valence-electron chi connectivity index (χ3n) is 3.27. The molecule has 1 rings (SSSR count). The van der Waals surface area contributed by atoms with Crippen LogP contribution in [0.2, 0.25) is 0 Å². The van der Waals surface area contributed by atoms with E-state index in [9.17, 15) is 18.3 Å². The highest BCUT2D eigenvalue weighted by Crippen LogP contribution is 2.30. The molecule has 0 spiro atoms. The van der Waals surface area contributed by atoms with E-state index < -0.39 is 11.7 Å². The maximum Gasteiger partial charge on any atom is 0.416 e. The first kappa shape index (κ1) is 17.3. The summed E-state index contributed by atoms with van der Waals surface area (Å²) < 4.78 is 38.0. The molecular weight excluding hydrogens is 287 g/mol. The van der Waals surface area contributed by atoms with Crippen LogP contribution >= 0.6 is 11.8 Å². The van der Waals surface area contributed by atoms with E-state index in [1.165, 1.54) is 17.8 Å². The fraction of sp³-hybridized carbons (Fsp3) is 0.571. The molecule has 114 valence electrons. The van der Waals surface area contributed by atoms with Crippen molar-refractivity contribution in [3.63, 3.8) is 0 Å². The zero-order chi connectivity index (χ0) is 15.3. The Bertz CT molecular complexity index is 421. The molecule has 0 aliphatic carbocycles. The Hall–Kier alpha value is -0.720. The Labute approximate surface area is 121 Å². The molecule has 0 amide bonds. The van der Waals surface area contributed by atoms with Crippen LogP contribution in [0.5, 0.6) is 0 Å². The van der Waals surface area contributed by atoms with Crippen LogP contribution in [0, 0.1) is 0 Å². The van der Waals surface area contributed by atoms with Gasteiger partial charge in [-0.1, -0.05) is 12.1 Å². The van der Waals surface area contributed by atoms with Gasteiger partial charge in [-0.15, -0.1) is 0 Å². The van der Waals surface area contributed by atoms with E-state index >= 15 is 0 Å². The predicted octanol–water partition coefficient (Wildman–Crippen LogP) is 3.47. The SMILES string of the molecule is CSC(CO)C(C)NC(C)c1cccc(C(F)(F)F)c1. The van der Waals surface area contributed by atoms with Crippen molar-refractivity contribution in [1.29, 1.82) is 0 Å². The molecule has 0 bridgehead atoms. The van der Waals surface area contributed by atoms with Crippen LogP contribution in [0.3, 0.4) is 0 Å². The molecule has 6 heteroatoms. The van der Waals surface area contributed by atoms with Gasteiger partial charge in [-0.3, -0.25) is 0 Å². The van der Waals surface area contributed by atoms with Gasteiger partial charge in [0.1, 0.15) is 0 Å². The van der Waals surface area contributed by atoms with Gasteiger partial charge in [0.05, 0.1) is 12.2 Å². The molecule has 0 heterocycles. The van der Waals surface area contributed by atoms with Gasteiger partial charge in [0, 0.05) is 17.3 Å². The summed E-state index contributed by atoms with van der Waals surface area (Å²) in [6.07, 6.45) is -2.43. The average molecular weight is 307 g/mol. The lowest BCUT2D eigenvalue weighted by Gasteiger charge is -2.26. The van der Waals surface area contributed by atoms with Gasteiger partial charge in [0.25, 0.3) is 0 Å². The number of hydrogen-bond acceptors (Lipinski definition) is 3. The number of alkyl halides is 3. The number of nitrogens with one attached hydrogen (secondary N) is 1. The first-order chi connectivity index (χ1) is 9.29. The fourth-order valence-corrected chi connectivity index (χ4v) is 2.65. The molecule has 0 saturated carbocycles. The highest BCUT2D eigenvalue weighted by atomic mass is 32.2. The summed E-state index contributed by atoms with van der Waals surface area (Å²) in [5.41, 5.74) is -0.0515. The molecule has 0 radical (unpaired) electrons. The third kappa shape index (κ3) is 4.68. The van der Waals surface area contributed by atoms with Crippen molar-refractivity contribution in [2.75, 3.05) is 12.9 Å². The molecule has 0 aromatic heterocycles. The number of halogens is 3. The quantitative estimate of drug-likeness (QED) is 0.844. The largest absolute Gasteiger partial charge is 0.416 e.